The van der Waals surface area contributed by atoms with Crippen LogP contribution in [-0.2, 0) is 16.3 Å². The molecule has 2 rings (SSSR count). The van der Waals surface area contributed by atoms with E-state index in [0.717, 1.165) is 17.5 Å². The van der Waals surface area contributed by atoms with Crippen molar-refractivity contribution in [3.05, 3.63) is 65.2 Å². The van der Waals surface area contributed by atoms with Gasteiger partial charge in [-0.1, -0.05) is 43.3 Å². The van der Waals surface area contributed by atoms with Gasteiger partial charge in [0.1, 0.15) is 0 Å². The van der Waals surface area contributed by atoms with Crippen molar-refractivity contribution in [1.29, 1.82) is 0 Å². The van der Waals surface area contributed by atoms with Gasteiger partial charge in [0, 0.05) is 13.3 Å². The molecule has 6 heteroatoms. The SMILES string of the molecule is CCc1ccc([C@H](C)NC(=O)N(C)[C@H](C)c2ccc(S(C)(=O)=O)cc2)cc1. The largest absolute Gasteiger partial charge is 0.331 e. The second-order valence-electron chi connectivity index (χ2n) is 6.89. The minimum atomic E-state index is -3.23. The summed E-state index contributed by atoms with van der Waals surface area (Å²) >= 11 is 0. The van der Waals surface area contributed by atoms with E-state index in [1.165, 1.54) is 11.8 Å². The number of nitrogens with zero attached hydrogens (tertiary/aromatic N) is 1. The topological polar surface area (TPSA) is 66.5 Å². The van der Waals surface area contributed by atoms with Crippen LogP contribution in [0.5, 0.6) is 0 Å². The highest BCUT2D eigenvalue weighted by Crippen LogP contribution is 2.22. The quantitative estimate of drug-likeness (QED) is 0.810. The van der Waals surface area contributed by atoms with Crippen molar-refractivity contribution in [1.82, 2.24) is 10.2 Å². The summed E-state index contributed by atoms with van der Waals surface area (Å²) < 4.78 is 23.2. The highest BCUT2D eigenvalue weighted by Gasteiger charge is 2.20. The maximum Gasteiger partial charge on any atom is 0.318 e. The Hall–Kier alpha value is -2.34. The molecular weight excluding hydrogens is 360 g/mol. The average molecular weight is 389 g/mol. The maximum absolute atomic E-state index is 12.6. The monoisotopic (exact) mass is 388 g/mol. The van der Waals surface area contributed by atoms with E-state index < -0.39 is 9.84 Å². The molecule has 0 spiro atoms. The Morgan fingerprint density at radius 1 is 1.00 bits per heavy atom. The highest BCUT2D eigenvalue weighted by atomic mass is 32.2. The number of hydrogen-bond donors (Lipinski definition) is 1. The molecular formula is C21H28N2O3S. The number of benzene rings is 2. The van der Waals surface area contributed by atoms with Crippen LogP contribution in [0.15, 0.2) is 53.4 Å². The number of aryl methyl sites for hydroxylation is 1. The van der Waals surface area contributed by atoms with Gasteiger partial charge in [-0.15, -0.1) is 0 Å². The summed E-state index contributed by atoms with van der Waals surface area (Å²) in [6, 6.07) is 14.4. The summed E-state index contributed by atoms with van der Waals surface area (Å²) in [6.07, 6.45) is 2.17. The zero-order chi connectivity index (χ0) is 20.2. The number of sulfone groups is 1. The molecule has 0 aromatic heterocycles. The average Bonchev–Trinajstić information content (AvgIpc) is 2.66. The zero-order valence-corrected chi connectivity index (χ0v) is 17.4. The lowest BCUT2D eigenvalue weighted by Gasteiger charge is -2.27. The maximum atomic E-state index is 12.6. The Morgan fingerprint density at radius 2 is 1.52 bits per heavy atom. The Bertz CT molecular complexity index is 875. The lowest BCUT2D eigenvalue weighted by Crippen LogP contribution is -2.39. The minimum absolute atomic E-state index is 0.106. The van der Waals surface area contributed by atoms with Crippen LogP contribution in [0.4, 0.5) is 4.79 Å². The van der Waals surface area contributed by atoms with E-state index in [9.17, 15) is 13.2 Å². The molecule has 0 aliphatic heterocycles. The molecule has 2 atom stereocenters. The molecule has 5 nitrogen and oxygen atoms in total. The van der Waals surface area contributed by atoms with Gasteiger partial charge in [-0.25, -0.2) is 13.2 Å². The predicted octanol–water partition coefficient (Wildman–Crippen LogP) is 4.12. The third-order valence-corrected chi connectivity index (χ3v) is 6.05. The molecule has 0 heterocycles. The van der Waals surface area contributed by atoms with Gasteiger partial charge in [-0.2, -0.15) is 0 Å². The molecule has 146 valence electrons. The van der Waals surface area contributed by atoms with Crippen LogP contribution in [-0.4, -0.2) is 32.7 Å². The summed E-state index contributed by atoms with van der Waals surface area (Å²) in [5.41, 5.74) is 3.19. The molecule has 27 heavy (non-hydrogen) atoms. The molecule has 1 N–H and O–H groups in total. The van der Waals surface area contributed by atoms with Gasteiger partial charge >= 0.3 is 6.03 Å². The van der Waals surface area contributed by atoms with E-state index in [0.29, 0.717) is 0 Å². The standard InChI is InChI=1S/C21H28N2O3S/c1-6-17-7-9-18(10-8-17)15(2)22-21(24)23(4)16(3)19-11-13-20(14-12-19)27(5,25)26/h7-16H,6H2,1-5H3,(H,22,24)/t15-,16+/m0/s1. The number of rotatable bonds is 6. The van der Waals surface area contributed by atoms with Gasteiger partial charge in [-0.05, 0) is 49.1 Å². The Kier molecular flexibility index (Phi) is 6.65. The van der Waals surface area contributed by atoms with E-state index in [2.05, 4.69) is 24.4 Å². The Balaban J connectivity index is 2.04. The van der Waals surface area contributed by atoms with Crippen molar-refractivity contribution < 1.29 is 13.2 Å². The summed E-state index contributed by atoms with van der Waals surface area (Å²) in [5.74, 6) is 0. The van der Waals surface area contributed by atoms with Crippen molar-refractivity contribution in [3.8, 4) is 0 Å². The minimum Gasteiger partial charge on any atom is -0.331 e. The summed E-state index contributed by atoms with van der Waals surface area (Å²) in [7, 11) is -1.49. The number of hydrogen-bond acceptors (Lipinski definition) is 3. The second kappa shape index (κ2) is 8.57. The van der Waals surface area contributed by atoms with E-state index >= 15 is 0 Å². The van der Waals surface area contributed by atoms with Gasteiger partial charge in [0.25, 0.3) is 0 Å². The van der Waals surface area contributed by atoms with Crippen molar-refractivity contribution in [2.45, 2.75) is 44.2 Å². The first-order valence-corrected chi connectivity index (χ1v) is 10.9. The summed E-state index contributed by atoms with van der Waals surface area (Å²) in [5, 5.41) is 3.01. The summed E-state index contributed by atoms with van der Waals surface area (Å²) in [4.78, 5) is 14.5. The fraction of sp³-hybridized carbons (Fsp3) is 0.381. The van der Waals surface area contributed by atoms with E-state index in [-0.39, 0.29) is 23.0 Å². The van der Waals surface area contributed by atoms with Crippen LogP contribution in [0.2, 0.25) is 0 Å². The molecule has 0 saturated heterocycles. The molecule has 0 radical (unpaired) electrons. The van der Waals surface area contributed by atoms with Gasteiger partial charge in [0.2, 0.25) is 0 Å². The van der Waals surface area contributed by atoms with Crippen LogP contribution >= 0.6 is 0 Å². The third kappa shape index (κ3) is 5.32. The molecule has 2 aromatic carbocycles. The number of carbonyl (C=O) groups excluding carboxylic acids is 1. The van der Waals surface area contributed by atoms with Crippen LogP contribution in [0.3, 0.4) is 0 Å². The van der Waals surface area contributed by atoms with Crippen LogP contribution < -0.4 is 5.32 Å². The van der Waals surface area contributed by atoms with E-state index in [4.69, 9.17) is 0 Å². The first-order valence-electron chi connectivity index (χ1n) is 9.05. The molecule has 2 amide bonds. The van der Waals surface area contributed by atoms with Crippen LogP contribution in [0.1, 0.15) is 49.5 Å². The fourth-order valence-corrected chi connectivity index (χ4v) is 3.44. The highest BCUT2D eigenvalue weighted by molar-refractivity contribution is 7.90. The first kappa shape index (κ1) is 21.0. The first-order chi connectivity index (χ1) is 12.6. The molecule has 0 saturated carbocycles. The summed E-state index contributed by atoms with van der Waals surface area (Å²) in [6.45, 7) is 5.98. The van der Waals surface area contributed by atoms with Crippen molar-refractivity contribution in [2.24, 2.45) is 0 Å². The van der Waals surface area contributed by atoms with Crippen molar-refractivity contribution in [2.75, 3.05) is 13.3 Å². The lowest BCUT2D eigenvalue weighted by atomic mass is 10.0. The van der Waals surface area contributed by atoms with Gasteiger partial charge in [-0.3, -0.25) is 0 Å². The zero-order valence-electron chi connectivity index (χ0n) is 16.6. The fourth-order valence-electron chi connectivity index (χ4n) is 2.81. The molecule has 0 unspecified atom stereocenters. The van der Waals surface area contributed by atoms with Crippen LogP contribution in [0, 0.1) is 0 Å². The second-order valence-corrected chi connectivity index (χ2v) is 8.91. The van der Waals surface area contributed by atoms with Gasteiger partial charge in [0.15, 0.2) is 9.84 Å². The van der Waals surface area contributed by atoms with Gasteiger partial charge in [0.05, 0.1) is 17.0 Å². The number of carbonyl (C=O) groups is 1. The molecule has 0 aliphatic rings. The number of amides is 2. The smallest absolute Gasteiger partial charge is 0.318 e. The van der Waals surface area contributed by atoms with E-state index in [1.54, 1.807) is 36.2 Å². The molecule has 2 aromatic rings. The predicted molar refractivity (Wildman–Crippen MR) is 108 cm³/mol. The molecule has 0 bridgehead atoms. The number of nitrogens with one attached hydrogen (secondary N) is 1. The molecule has 0 fully saturated rings. The van der Waals surface area contributed by atoms with Crippen molar-refractivity contribution >= 4 is 15.9 Å². The van der Waals surface area contributed by atoms with Crippen molar-refractivity contribution in [3.63, 3.8) is 0 Å². The lowest BCUT2D eigenvalue weighted by molar-refractivity contribution is 0.191. The Labute approximate surface area is 162 Å². The number of urea groups is 1. The normalized spacial score (nSPS) is 13.7. The van der Waals surface area contributed by atoms with E-state index in [1.807, 2.05) is 26.0 Å². The van der Waals surface area contributed by atoms with Crippen LogP contribution in [0.25, 0.3) is 0 Å². The third-order valence-electron chi connectivity index (χ3n) is 4.92. The van der Waals surface area contributed by atoms with Gasteiger partial charge < -0.3 is 10.2 Å². The molecule has 0 aliphatic carbocycles. The Morgan fingerprint density at radius 3 is 2.00 bits per heavy atom.